The summed E-state index contributed by atoms with van der Waals surface area (Å²) in [5, 5.41) is 13.0. The van der Waals surface area contributed by atoms with Crippen LogP contribution in [0.15, 0.2) is 0 Å². The van der Waals surface area contributed by atoms with Gasteiger partial charge in [0.1, 0.15) is 0 Å². The summed E-state index contributed by atoms with van der Waals surface area (Å²) >= 11 is 0. The summed E-state index contributed by atoms with van der Waals surface area (Å²) in [6, 6.07) is 0.616. The Labute approximate surface area is 67.4 Å². The van der Waals surface area contributed by atoms with Gasteiger partial charge in [-0.2, -0.15) is 0 Å². The second-order valence-electron chi connectivity index (χ2n) is 3.60. The van der Waals surface area contributed by atoms with E-state index in [2.05, 4.69) is 5.32 Å². The fourth-order valence-electron chi connectivity index (χ4n) is 2.11. The van der Waals surface area contributed by atoms with E-state index in [1.165, 1.54) is 6.42 Å². The summed E-state index contributed by atoms with van der Waals surface area (Å²) in [4.78, 5) is 0. The number of hydrogen-bond donors (Lipinski definition) is 2. The highest BCUT2D eigenvalue weighted by molar-refractivity contribution is 5.85. The first kappa shape index (κ1) is 8.31. The van der Waals surface area contributed by atoms with Crippen molar-refractivity contribution >= 4 is 12.4 Å². The van der Waals surface area contributed by atoms with Gasteiger partial charge in [0.2, 0.25) is 0 Å². The second kappa shape index (κ2) is 2.36. The largest absolute Gasteiger partial charge is 0.390 e. The third-order valence-corrected chi connectivity index (χ3v) is 2.76. The smallest absolute Gasteiger partial charge is 0.0675 e. The van der Waals surface area contributed by atoms with Crippen molar-refractivity contribution in [2.45, 2.75) is 31.4 Å². The van der Waals surface area contributed by atoms with Crippen molar-refractivity contribution in [2.75, 3.05) is 6.54 Å². The molecule has 2 bridgehead atoms. The second-order valence-corrected chi connectivity index (χ2v) is 3.60. The summed E-state index contributed by atoms with van der Waals surface area (Å²) in [5.74, 6) is 0.530. The molecule has 1 aliphatic heterocycles. The molecule has 0 radical (unpaired) electrons. The molecular weight excluding hydrogens is 150 g/mol. The Kier molecular flexibility index (Phi) is 1.96. The zero-order valence-corrected chi connectivity index (χ0v) is 6.95. The van der Waals surface area contributed by atoms with Crippen LogP contribution in [0.25, 0.3) is 0 Å². The molecule has 0 amide bonds. The molecule has 0 aromatic heterocycles. The van der Waals surface area contributed by atoms with E-state index in [-0.39, 0.29) is 18.0 Å². The highest BCUT2D eigenvalue weighted by Crippen LogP contribution is 2.39. The Bertz CT molecular complexity index is 138. The molecule has 0 spiro atoms. The molecule has 60 valence electrons. The van der Waals surface area contributed by atoms with E-state index in [9.17, 15) is 5.11 Å². The van der Waals surface area contributed by atoms with Crippen molar-refractivity contribution in [1.82, 2.24) is 5.32 Å². The van der Waals surface area contributed by atoms with E-state index in [0.717, 1.165) is 13.0 Å². The first-order valence-corrected chi connectivity index (χ1v) is 3.64. The van der Waals surface area contributed by atoms with Crippen LogP contribution in [-0.2, 0) is 0 Å². The molecule has 2 rings (SSSR count). The molecule has 1 aliphatic carbocycles. The summed E-state index contributed by atoms with van der Waals surface area (Å²) in [6.45, 7) is 2.98. The van der Waals surface area contributed by atoms with Gasteiger partial charge in [-0.15, -0.1) is 12.4 Å². The van der Waals surface area contributed by atoms with Gasteiger partial charge in [0, 0.05) is 18.5 Å². The molecule has 2 aliphatic rings. The van der Waals surface area contributed by atoms with E-state index < -0.39 is 0 Å². The lowest BCUT2D eigenvalue weighted by molar-refractivity contribution is 0.0117. The number of fused-ring (bicyclic) bond motifs is 2. The summed E-state index contributed by atoms with van der Waals surface area (Å²) in [6.07, 6.45) is 2.14. The van der Waals surface area contributed by atoms with E-state index in [4.69, 9.17) is 0 Å². The SMILES string of the molecule is C[C@@]1(O)C[C@H]2C[C@@H]1CN2.Cl. The molecule has 2 fully saturated rings. The van der Waals surface area contributed by atoms with Crippen LogP contribution in [0.3, 0.4) is 0 Å². The number of nitrogens with one attached hydrogen (secondary N) is 1. The molecule has 0 unspecified atom stereocenters. The molecule has 1 saturated heterocycles. The maximum atomic E-state index is 9.64. The molecule has 0 aromatic carbocycles. The highest BCUT2D eigenvalue weighted by Gasteiger charge is 2.46. The van der Waals surface area contributed by atoms with Crippen molar-refractivity contribution in [1.29, 1.82) is 0 Å². The standard InChI is InChI=1S/C7H13NO.ClH/c1-7(9)3-6-2-5(7)4-8-6;/h5-6,8-9H,2-4H2,1H3;1H/t5-,6-,7-;/m1./s1. The Balaban J connectivity index is 0.000000500. The van der Waals surface area contributed by atoms with Crippen LogP contribution in [0.1, 0.15) is 19.8 Å². The number of hydrogen-bond acceptors (Lipinski definition) is 2. The van der Waals surface area contributed by atoms with Crippen LogP contribution in [0, 0.1) is 5.92 Å². The molecule has 1 saturated carbocycles. The minimum atomic E-state index is -0.351. The van der Waals surface area contributed by atoms with E-state index in [0.29, 0.717) is 12.0 Å². The highest BCUT2D eigenvalue weighted by atomic mass is 35.5. The molecule has 2 nitrogen and oxygen atoms in total. The van der Waals surface area contributed by atoms with Gasteiger partial charge in [0.15, 0.2) is 0 Å². The van der Waals surface area contributed by atoms with Crippen LogP contribution in [0.5, 0.6) is 0 Å². The summed E-state index contributed by atoms with van der Waals surface area (Å²) < 4.78 is 0. The normalized spacial score (nSPS) is 51.0. The zero-order chi connectivity index (χ0) is 6.48. The van der Waals surface area contributed by atoms with Crippen LogP contribution < -0.4 is 5.32 Å². The molecule has 0 aromatic rings. The Hall–Kier alpha value is 0.210. The van der Waals surface area contributed by atoms with Crippen molar-refractivity contribution in [2.24, 2.45) is 5.92 Å². The molecule has 3 atom stereocenters. The lowest BCUT2D eigenvalue weighted by atomic mass is 9.92. The van der Waals surface area contributed by atoms with Gasteiger partial charge in [-0.25, -0.2) is 0 Å². The minimum Gasteiger partial charge on any atom is -0.390 e. The van der Waals surface area contributed by atoms with E-state index >= 15 is 0 Å². The fourth-order valence-corrected chi connectivity index (χ4v) is 2.11. The van der Waals surface area contributed by atoms with Gasteiger partial charge < -0.3 is 10.4 Å². The van der Waals surface area contributed by atoms with E-state index in [1.807, 2.05) is 6.92 Å². The maximum absolute atomic E-state index is 9.64. The Morgan fingerprint density at radius 1 is 1.60 bits per heavy atom. The maximum Gasteiger partial charge on any atom is 0.0675 e. The average molecular weight is 164 g/mol. The number of rotatable bonds is 0. The van der Waals surface area contributed by atoms with Crippen LogP contribution in [0.2, 0.25) is 0 Å². The van der Waals surface area contributed by atoms with Crippen LogP contribution >= 0.6 is 12.4 Å². The van der Waals surface area contributed by atoms with Crippen molar-refractivity contribution in [3.05, 3.63) is 0 Å². The third-order valence-electron chi connectivity index (χ3n) is 2.76. The van der Waals surface area contributed by atoms with Crippen molar-refractivity contribution in [3.63, 3.8) is 0 Å². The Morgan fingerprint density at radius 2 is 2.30 bits per heavy atom. The monoisotopic (exact) mass is 163 g/mol. The average Bonchev–Trinajstić information content (AvgIpc) is 2.19. The predicted molar refractivity (Wildman–Crippen MR) is 42.4 cm³/mol. The Morgan fingerprint density at radius 3 is 2.50 bits per heavy atom. The molecule has 1 heterocycles. The number of halogens is 1. The van der Waals surface area contributed by atoms with Gasteiger partial charge >= 0.3 is 0 Å². The van der Waals surface area contributed by atoms with Gasteiger partial charge in [-0.1, -0.05) is 0 Å². The summed E-state index contributed by atoms with van der Waals surface area (Å²) in [5.41, 5.74) is -0.351. The number of aliphatic hydroxyl groups is 1. The quantitative estimate of drug-likeness (QED) is 0.547. The first-order chi connectivity index (χ1) is 4.18. The molecule has 3 heteroatoms. The fraction of sp³-hybridized carbons (Fsp3) is 1.00. The van der Waals surface area contributed by atoms with Gasteiger partial charge in [0.25, 0.3) is 0 Å². The van der Waals surface area contributed by atoms with Gasteiger partial charge in [-0.3, -0.25) is 0 Å². The van der Waals surface area contributed by atoms with Crippen molar-refractivity contribution in [3.8, 4) is 0 Å². The van der Waals surface area contributed by atoms with E-state index in [1.54, 1.807) is 0 Å². The third kappa shape index (κ3) is 1.04. The zero-order valence-electron chi connectivity index (χ0n) is 6.13. The minimum absolute atomic E-state index is 0. The molecular formula is C7H14ClNO. The predicted octanol–water partition coefficient (Wildman–Crippen LogP) is 0.541. The lowest BCUT2D eigenvalue weighted by Gasteiger charge is -2.28. The van der Waals surface area contributed by atoms with Crippen LogP contribution in [0.4, 0.5) is 0 Å². The number of piperidine rings is 1. The lowest BCUT2D eigenvalue weighted by Crippen LogP contribution is -2.40. The summed E-state index contributed by atoms with van der Waals surface area (Å²) in [7, 11) is 0. The van der Waals surface area contributed by atoms with Gasteiger partial charge in [0.05, 0.1) is 5.60 Å². The topological polar surface area (TPSA) is 32.3 Å². The van der Waals surface area contributed by atoms with Crippen molar-refractivity contribution < 1.29 is 5.11 Å². The van der Waals surface area contributed by atoms with Crippen LogP contribution in [-0.4, -0.2) is 23.3 Å². The molecule has 10 heavy (non-hydrogen) atoms. The first-order valence-electron chi connectivity index (χ1n) is 3.64. The molecule has 2 N–H and O–H groups in total. The van der Waals surface area contributed by atoms with Gasteiger partial charge in [-0.05, 0) is 19.8 Å².